The molecule has 104 valence electrons. The molecule has 1 aromatic rings. The van der Waals surface area contributed by atoms with Gasteiger partial charge in [0.1, 0.15) is 5.75 Å². The second-order valence-corrected chi connectivity index (χ2v) is 6.30. The molecular formula is C16H23NO2. The van der Waals surface area contributed by atoms with Gasteiger partial charge in [-0.2, -0.15) is 0 Å². The van der Waals surface area contributed by atoms with Crippen LogP contribution in [0, 0.1) is 11.3 Å². The van der Waals surface area contributed by atoms with Crippen molar-refractivity contribution >= 4 is 0 Å². The average molecular weight is 261 g/mol. The molecule has 2 atom stereocenters. The highest BCUT2D eigenvalue weighted by atomic mass is 16.5. The van der Waals surface area contributed by atoms with Crippen LogP contribution >= 0.6 is 0 Å². The lowest BCUT2D eigenvalue weighted by Crippen LogP contribution is -2.23. The highest BCUT2D eigenvalue weighted by Gasteiger charge is 2.55. The summed E-state index contributed by atoms with van der Waals surface area (Å²) in [4.78, 5) is 2.58. The van der Waals surface area contributed by atoms with Gasteiger partial charge in [0, 0.05) is 32.3 Å². The number of ether oxygens (including phenoxy) is 2. The van der Waals surface area contributed by atoms with Gasteiger partial charge in [-0.1, -0.05) is 13.0 Å². The molecule has 0 N–H and O–H groups in total. The van der Waals surface area contributed by atoms with Gasteiger partial charge in [0.05, 0.1) is 13.7 Å². The number of piperidine rings is 1. The molecule has 3 heteroatoms. The molecule has 0 aromatic heterocycles. The summed E-state index contributed by atoms with van der Waals surface area (Å²) in [6.45, 7) is 6.59. The molecule has 0 amide bonds. The zero-order chi connectivity index (χ0) is 13.5. The zero-order valence-corrected chi connectivity index (χ0v) is 12.1. The maximum atomic E-state index is 5.37. The molecular weight excluding hydrogens is 238 g/mol. The van der Waals surface area contributed by atoms with Crippen LogP contribution in [0.15, 0.2) is 18.2 Å². The van der Waals surface area contributed by atoms with Gasteiger partial charge in [0.25, 0.3) is 0 Å². The lowest BCUT2D eigenvalue weighted by Gasteiger charge is -2.20. The van der Waals surface area contributed by atoms with Crippen molar-refractivity contribution in [2.24, 2.45) is 11.3 Å². The van der Waals surface area contributed by atoms with E-state index in [0.29, 0.717) is 12.0 Å². The largest absolute Gasteiger partial charge is 0.496 e. The minimum absolute atomic E-state index is 0.608. The molecule has 1 saturated carbocycles. The molecule has 0 bridgehead atoms. The van der Waals surface area contributed by atoms with E-state index in [-0.39, 0.29) is 0 Å². The summed E-state index contributed by atoms with van der Waals surface area (Å²) in [6, 6.07) is 6.45. The Kier molecular flexibility index (Phi) is 3.27. The van der Waals surface area contributed by atoms with Gasteiger partial charge in [0.15, 0.2) is 0 Å². The Hall–Kier alpha value is -1.06. The van der Waals surface area contributed by atoms with Crippen LogP contribution < -0.4 is 4.74 Å². The van der Waals surface area contributed by atoms with Gasteiger partial charge in [0.2, 0.25) is 0 Å². The highest BCUT2D eigenvalue weighted by molar-refractivity contribution is 5.37. The van der Waals surface area contributed by atoms with Gasteiger partial charge < -0.3 is 9.47 Å². The smallest absolute Gasteiger partial charge is 0.124 e. The minimum Gasteiger partial charge on any atom is -0.496 e. The van der Waals surface area contributed by atoms with Crippen molar-refractivity contribution in [2.75, 3.05) is 27.3 Å². The van der Waals surface area contributed by atoms with Crippen LogP contribution in [0.4, 0.5) is 0 Å². The number of hydrogen-bond acceptors (Lipinski definition) is 3. The van der Waals surface area contributed by atoms with Crippen molar-refractivity contribution < 1.29 is 9.47 Å². The lowest BCUT2D eigenvalue weighted by atomic mass is 10.1. The first kappa shape index (κ1) is 12.9. The topological polar surface area (TPSA) is 21.7 Å². The number of rotatable bonds is 5. The number of fused-ring (bicyclic) bond motifs is 1. The second-order valence-electron chi connectivity index (χ2n) is 6.30. The van der Waals surface area contributed by atoms with Gasteiger partial charge in [-0.3, -0.25) is 4.90 Å². The average Bonchev–Trinajstić information content (AvgIpc) is 2.89. The summed E-state index contributed by atoms with van der Waals surface area (Å²) in [5.41, 5.74) is 3.12. The third-order valence-corrected chi connectivity index (χ3v) is 4.65. The van der Waals surface area contributed by atoms with Crippen LogP contribution in [0.25, 0.3) is 0 Å². The van der Waals surface area contributed by atoms with Crippen LogP contribution in [0.5, 0.6) is 5.75 Å². The van der Waals surface area contributed by atoms with Gasteiger partial charge >= 0.3 is 0 Å². The number of nitrogens with zero attached hydrogens (tertiary/aromatic N) is 1. The summed E-state index contributed by atoms with van der Waals surface area (Å²) < 4.78 is 10.6. The monoisotopic (exact) mass is 261 g/mol. The molecule has 2 unspecified atom stereocenters. The van der Waals surface area contributed by atoms with E-state index in [1.165, 1.54) is 25.1 Å². The molecule has 0 radical (unpaired) electrons. The third-order valence-electron chi connectivity index (χ3n) is 4.65. The Morgan fingerprint density at radius 1 is 1.37 bits per heavy atom. The molecule has 1 aromatic carbocycles. The quantitative estimate of drug-likeness (QED) is 0.813. The Morgan fingerprint density at radius 3 is 2.84 bits per heavy atom. The summed E-state index contributed by atoms with van der Waals surface area (Å²) >= 11 is 0. The fourth-order valence-electron chi connectivity index (χ4n) is 3.45. The first-order chi connectivity index (χ1) is 9.14. The molecule has 3 nitrogen and oxygen atoms in total. The highest BCUT2D eigenvalue weighted by Crippen LogP contribution is 2.57. The van der Waals surface area contributed by atoms with Crippen molar-refractivity contribution in [1.82, 2.24) is 4.90 Å². The first-order valence-electron chi connectivity index (χ1n) is 7.02. The molecule has 1 saturated heterocycles. The fraction of sp³-hybridized carbons (Fsp3) is 0.625. The van der Waals surface area contributed by atoms with E-state index < -0.39 is 0 Å². The fourth-order valence-corrected chi connectivity index (χ4v) is 3.45. The Morgan fingerprint density at radius 2 is 2.21 bits per heavy atom. The van der Waals surface area contributed by atoms with Crippen LogP contribution in [-0.2, 0) is 17.9 Å². The summed E-state index contributed by atoms with van der Waals surface area (Å²) in [6.07, 6.45) is 1.43. The van der Waals surface area contributed by atoms with Crippen LogP contribution in [0.1, 0.15) is 24.5 Å². The van der Waals surface area contributed by atoms with Gasteiger partial charge in [-0.05, 0) is 35.4 Å². The Balaban J connectivity index is 1.69. The van der Waals surface area contributed by atoms with Crippen molar-refractivity contribution in [3.05, 3.63) is 29.3 Å². The predicted octanol–water partition coefficient (Wildman–Crippen LogP) is 2.68. The van der Waals surface area contributed by atoms with E-state index in [1.807, 2.05) is 0 Å². The molecule has 2 aliphatic rings. The Bertz CT molecular complexity index is 474. The van der Waals surface area contributed by atoms with E-state index >= 15 is 0 Å². The van der Waals surface area contributed by atoms with E-state index in [9.17, 15) is 0 Å². The maximum Gasteiger partial charge on any atom is 0.124 e. The van der Waals surface area contributed by atoms with Crippen LogP contribution in [0.3, 0.4) is 0 Å². The standard InChI is InChI=1S/C16H23NO2/c1-16-7-14(16)9-17(11-16)8-12-4-5-15(19-3)13(6-12)10-18-2/h4-6,14H,7-11H2,1-3H3. The van der Waals surface area contributed by atoms with Gasteiger partial charge in [-0.25, -0.2) is 0 Å². The van der Waals surface area contributed by atoms with Crippen molar-refractivity contribution in [2.45, 2.75) is 26.5 Å². The molecule has 1 aliphatic heterocycles. The molecule has 19 heavy (non-hydrogen) atoms. The molecule has 1 heterocycles. The normalized spacial score (nSPS) is 29.3. The number of methoxy groups -OCH3 is 2. The van der Waals surface area contributed by atoms with Gasteiger partial charge in [-0.15, -0.1) is 0 Å². The number of hydrogen-bond donors (Lipinski definition) is 0. The molecule has 0 spiro atoms. The second kappa shape index (κ2) is 4.80. The van der Waals surface area contributed by atoms with E-state index in [1.54, 1.807) is 14.2 Å². The van der Waals surface area contributed by atoms with E-state index in [4.69, 9.17) is 9.47 Å². The molecule has 2 fully saturated rings. The zero-order valence-electron chi connectivity index (χ0n) is 12.1. The van der Waals surface area contributed by atoms with Crippen LogP contribution in [-0.4, -0.2) is 32.2 Å². The molecule has 3 rings (SSSR count). The maximum absolute atomic E-state index is 5.37. The van der Waals surface area contributed by atoms with E-state index in [0.717, 1.165) is 23.8 Å². The minimum atomic E-state index is 0.608. The summed E-state index contributed by atoms with van der Waals surface area (Å²) in [5.74, 6) is 1.87. The van der Waals surface area contributed by atoms with E-state index in [2.05, 4.69) is 30.0 Å². The lowest BCUT2D eigenvalue weighted by molar-refractivity contribution is 0.181. The van der Waals surface area contributed by atoms with Crippen molar-refractivity contribution in [3.8, 4) is 5.75 Å². The number of benzene rings is 1. The van der Waals surface area contributed by atoms with Crippen LogP contribution in [0.2, 0.25) is 0 Å². The molecule has 1 aliphatic carbocycles. The SMILES string of the molecule is COCc1cc(CN2CC3CC3(C)C2)ccc1OC. The summed E-state index contributed by atoms with van der Waals surface area (Å²) in [5, 5.41) is 0. The van der Waals surface area contributed by atoms with Crippen molar-refractivity contribution in [1.29, 1.82) is 0 Å². The first-order valence-corrected chi connectivity index (χ1v) is 7.02. The third kappa shape index (κ3) is 2.49. The van der Waals surface area contributed by atoms with Crippen molar-refractivity contribution in [3.63, 3.8) is 0 Å². The summed E-state index contributed by atoms with van der Waals surface area (Å²) in [7, 11) is 3.43. The predicted molar refractivity (Wildman–Crippen MR) is 75.2 cm³/mol. The Labute approximate surface area is 115 Å². The number of likely N-dealkylation sites (tertiary alicyclic amines) is 1.